The van der Waals surface area contributed by atoms with Gasteiger partial charge in [-0.1, -0.05) is 33.8 Å². The number of hydrogen-bond acceptors (Lipinski definition) is 5. The van der Waals surface area contributed by atoms with Gasteiger partial charge in [-0.15, -0.1) is 0 Å². The normalized spacial score (nSPS) is 12.4. The van der Waals surface area contributed by atoms with Crippen molar-refractivity contribution in [3.63, 3.8) is 0 Å². The molecule has 0 amide bonds. The highest BCUT2D eigenvalue weighted by Gasteiger charge is 2.43. The van der Waals surface area contributed by atoms with Gasteiger partial charge in [0.15, 0.2) is 11.5 Å². The topological polar surface area (TPSA) is 64.6 Å². The Bertz CT molecular complexity index is 1120. The van der Waals surface area contributed by atoms with Crippen LogP contribution in [0.4, 0.5) is 32.0 Å². The summed E-state index contributed by atoms with van der Waals surface area (Å²) in [6.07, 6.45) is -8.95. The van der Waals surface area contributed by atoms with Crippen molar-refractivity contribution in [1.29, 1.82) is 0 Å². The number of esters is 1. The summed E-state index contributed by atoms with van der Waals surface area (Å²) in [5.74, 6) is -3.35. The number of benzene rings is 2. The minimum Gasteiger partial charge on any atom is -0.466 e. The van der Waals surface area contributed by atoms with Crippen LogP contribution in [0, 0.1) is 0 Å². The second kappa shape index (κ2) is 14.6. The third kappa shape index (κ3) is 9.63. The maximum atomic E-state index is 13.9. The predicted molar refractivity (Wildman–Crippen MR) is 138 cm³/mol. The van der Waals surface area contributed by atoms with Gasteiger partial charge in [-0.25, -0.2) is 0 Å². The first-order valence-electron chi connectivity index (χ1n) is 12.4. The Morgan fingerprint density at radius 3 is 2.00 bits per heavy atom. The summed E-state index contributed by atoms with van der Waals surface area (Å²) in [5.41, 5.74) is -2.54. The summed E-state index contributed by atoms with van der Waals surface area (Å²) in [5, 5.41) is 2.94. The quantitative estimate of drug-likeness (QED) is 0.136. The molecule has 0 fully saturated rings. The Hall–Kier alpha value is -3.50. The molecule has 0 aliphatic rings. The third-order valence-corrected chi connectivity index (χ3v) is 5.46. The monoisotopic (exact) mass is 561 g/mol. The molecule has 0 bridgehead atoms. The first-order chi connectivity index (χ1) is 18.2. The molecule has 0 saturated heterocycles. The van der Waals surface area contributed by atoms with Crippen molar-refractivity contribution < 1.29 is 45.4 Å². The number of alkyl halides is 6. The van der Waals surface area contributed by atoms with Crippen LogP contribution in [0.3, 0.4) is 0 Å². The second-order valence-electron chi connectivity index (χ2n) is 8.13. The van der Waals surface area contributed by atoms with Gasteiger partial charge in [0.05, 0.1) is 17.7 Å². The summed E-state index contributed by atoms with van der Waals surface area (Å²) in [4.78, 5) is 23.3. The average Bonchev–Trinajstić information content (AvgIpc) is 2.87. The number of ketones is 1. The molecule has 0 saturated carbocycles. The summed E-state index contributed by atoms with van der Waals surface area (Å²) in [6, 6.07) is 5.11. The standard InChI is InChI=1S/C26H27F6NO4.C2H6/c1-5-15(3)19-14-18(9-10-22(19)33-4)37-24-20(25(27,28)29)11-16(12-21(24)26(30,31)32)7-8-17(34)13-23(35)36-6-2;1-2/h7-12,14-15,33H,5-6,13H2,1-4H3;1-2H3/b8-7+;. The van der Waals surface area contributed by atoms with E-state index in [9.17, 15) is 35.9 Å². The molecule has 0 aliphatic carbocycles. The summed E-state index contributed by atoms with van der Waals surface area (Å²) < 4.78 is 93.4. The van der Waals surface area contributed by atoms with E-state index in [1.54, 1.807) is 7.05 Å². The largest absolute Gasteiger partial charge is 0.466 e. The highest BCUT2D eigenvalue weighted by Crippen LogP contribution is 2.47. The van der Waals surface area contributed by atoms with Gasteiger partial charge >= 0.3 is 18.3 Å². The zero-order valence-corrected chi connectivity index (χ0v) is 22.6. The number of carbonyl (C=O) groups excluding carboxylic acids is 2. The molecular formula is C28H33F6NO4. The molecular weight excluding hydrogens is 528 g/mol. The van der Waals surface area contributed by atoms with E-state index in [4.69, 9.17) is 4.74 Å². The van der Waals surface area contributed by atoms with E-state index in [0.29, 0.717) is 29.8 Å². The van der Waals surface area contributed by atoms with Gasteiger partial charge in [0.25, 0.3) is 0 Å². The van der Waals surface area contributed by atoms with Gasteiger partial charge in [-0.2, -0.15) is 26.3 Å². The van der Waals surface area contributed by atoms with Gasteiger partial charge in [0.2, 0.25) is 0 Å². The first-order valence-corrected chi connectivity index (χ1v) is 12.4. The molecule has 1 atom stereocenters. The minimum absolute atomic E-state index is 0.0116. The van der Waals surface area contributed by atoms with E-state index in [1.807, 2.05) is 27.7 Å². The number of anilines is 1. The number of allylic oxidation sites excluding steroid dienone is 1. The van der Waals surface area contributed by atoms with Crippen LogP contribution in [-0.4, -0.2) is 25.4 Å². The maximum absolute atomic E-state index is 13.9. The van der Waals surface area contributed by atoms with E-state index < -0.39 is 53.0 Å². The molecule has 0 aliphatic heterocycles. The summed E-state index contributed by atoms with van der Waals surface area (Å²) in [6.45, 7) is 9.29. The second-order valence-corrected chi connectivity index (χ2v) is 8.13. The van der Waals surface area contributed by atoms with Crippen LogP contribution >= 0.6 is 0 Å². The highest BCUT2D eigenvalue weighted by atomic mass is 19.4. The molecule has 39 heavy (non-hydrogen) atoms. The predicted octanol–water partition coefficient (Wildman–Crippen LogP) is 8.63. The summed E-state index contributed by atoms with van der Waals surface area (Å²) in [7, 11) is 1.65. The Labute approximate surface area is 224 Å². The van der Waals surface area contributed by atoms with Crippen molar-refractivity contribution in [1.82, 2.24) is 0 Å². The lowest BCUT2D eigenvalue weighted by Crippen LogP contribution is -2.15. The van der Waals surface area contributed by atoms with Crippen LogP contribution in [0.2, 0.25) is 0 Å². The minimum atomic E-state index is -5.21. The molecule has 0 radical (unpaired) electrons. The van der Waals surface area contributed by atoms with E-state index in [2.05, 4.69) is 10.1 Å². The molecule has 11 heteroatoms. The lowest BCUT2D eigenvalue weighted by molar-refractivity contribution is -0.146. The Morgan fingerprint density at radius 2 is 1.54 bits per heavy atom. The molecule has 0 spiro atoms. The smallest absolute Gasteiger partial charge is 0.420 e. The summed E-state index contributed by atoms with van der Waals surface area (Å²) >= 11 is 0. The fourth-order valence-corrected chi connectivity index (χ4v) is 3.46. The fourth-order valence-electron chi connectivity index (χ4n) is 3.46. The molecule has 0 heterocycles. The maximum Gasteiger partial charge on any atom is 0.420 e. The Balaban J connectivity index is 0.00000371. The molecule has 2 rings (SSSR count). The number of ether oxygens (including phenoxy) is 2. The van der Waals surface area contributed by atoms with Crippen LogP contribution in [-0.2, 0) is 26.7 Å². The first kappa shape index (κ1) is 33.5. The molecule has 5 nitrogen and oxygen atoms in total. The van der Waals surface area contributed by atoms with Gasteiger partial charge in [0.1, 0.15) is 12.2 Å². The average molecular weight is 562 g/mol. The SMILES string of the molecule is CC.CCOC(=O)CC(=O)/C=C/c1cc(C(F)(F)F)c(Oc2ccc(NC)c(C(C)CC)c2)c(C(F)(F)F)c1. The number of carbonyl (C=O) groups is 2. The van der Waals surface area contributed by atoms with Crippen LogP contribution in [0.1, 0.15) is 75.6 Å². The van der Waals surface area contributed by atoms with Crippen LogP contribution in [0.5, 0.6) is 11.5 Å². The van der Waals surface area contributed by atoms with Gasteiger partial charge in [-0.05, 0) is 66.8 Å². The van der Waals surface area contributed by atoms with Crippen LogP contribution < -0.4 is 10.1 Å². The molecule has 2 aromatic rings. The molecule has 216 valence electrons. The van der Waals surface area contributed by atoms with Crippen molar-refractivity contribution >= 4 is 23.5 Å². The number of nitrogens with one attached hydrogen (secondary N) is 1. The fraction of sp³-hybridized carbons (Fsp3) is 0.429. The zero-order chi connectivity index (χ0) is 30.0. The number of rotatable bonds is 10. The Kier molecular flexibility index (Phi) is 12.5. The van der Waals surface area contributed by atoms with Gasteiger partial charge in [0, 0.05) is 12.7 Å². The number of hydrogen-bond donors (Lipinski definition) is 1. The molecule has 2 aromatic carbocycles. The van der Waals surface area contributed by atoms with Crippen molar-refractivity contribution in [3.05, 3.63) is 58.7 Å². The zero-order valence-electron chi connectivity index (χ0n) is 22.6. The molecule has 1 N–H and O–H groups in total. The van der Waals surface area contributed by atoms with Crippen molar-refractivity contribution in [2.45, 2.75) is 65.7 Å². The van der Waals surface area contributed by atoms with Crippen molar-refractivity contribution in [2.75, 3.05) is 19.0 Å². The van der Waals surface area contributed by atoms with E-state index in [1.165, 1.54) is 25.1 Å². The van der Waals surface area contributed by atoms with Crippen LogP contribution in [0.15, 0.2) is 36.4 Å². The lowest BCUT2D eigenvalue weighted by atomic mass is 9.96. The molecule has 1 unspecified atom stereocenters. The molecule has 0 aromatic heterocycles. The lowest BCUT2D eigenvalue weighted by Gasteiger charge is -2.21. The van der Waals surface area contributed by atoms with E-state index >= 15 is 0 Å². The van der Waals surface area contributed by atoms with Gasteiger partial charge < -0.3 is 14.8 Å². The van der Waals surface area contributed by atoms with Crippen molar-refractivity contribution in [3.8, 4) is 11.5 Å². The van der Waals surface area contributed by atoms with Crippen molar-refractivity contribution in [2.24, 2.45) is 0 Å². The van der Waals surface area contributed by atoms with E-state index in [0.717, 1.165) is 12.2 Å². The third-order valence-electron chi connectivity index (χ3n) is 5.46. The van der Waals surface area contributed by atoms with Crippen LogP contribution in [0.25, 0.3) is 6.08 Å². The van der Waals surface area contributed by atoms with E-state index in [-0.39, 0.29) is 18.3 Å². The Morgan fingerprint density at radius 1 is 0.974 bits per heavy atom. The highest BCUT2D eigenvalue weighted by molar-refractivity contribution is 6.04. The van der Waals surface area contributed by atoms with Gasteiger partial charge in [-0.3, -0.25) is 9.59 Å². The number of halogens is 6.